The van der Waals surface area contributed by atoms with Crippen molar-refractivity contribution in [1.82, 2.24) is 10.6 Å². The second-order valence-corrected chi connectivity index (χ2v) is 10.9. The zero-order valence-corrected chi connectivity index (χ0v) is 25.8. The Morgan fingerprint density at radius 1 is 1.07 bits per heavy atom. The summed E-state index contributed by atoms with van der Waals surface area (Å²) in [5, 5.41) is 25.0. The summed E-state index contributed by atoms with van der Waals surface area (Å²) in [4.78, 5) is 42.7. The summed E-state index contributed by atoms with van der Waals surface area (Å²) in [7, 11) is 1.52. The molecule has 230 valence electrons. The number of nitrogens with one attached hydrogen (secondary N) is 3. The minimum Gasteiger partial charge on any atom is -0.508 e. The Labute approximate surface area is 264 Å². The lowest BCUT2D eigenvalue weighted by Gasteiger charge is -2.26. The molecule has 3 aromatic carbocycles. The van der Waals surface area contributed by atoms with Gasteiger partial charge in [-0.2, -0.15) is 4.99 Å². The van der Waals surface area contributed by atoms with Gasteiger partial charge in [-0.25, -0.2) is 0 Å². The number of ketones is 1. The van der Waals surface area contributed by atoms with Crippen LogP contribution in [0, 0.1) is 11.3 Å². The van der Waals surface area contributed by atoms with Gasteiger partial charge in [-0.3, -0.25) is 19.8 Å². The Hall–Kier alpha value is -4.52. The molecule has 0 aromatic heterocycles. The van der Waals surface area contributed by atoms with Crippen LogP contribution in [-0.4, -0.2) is 47.5 Å². The number of phenolic OH excluding ortho intramolecular Hbond substituents is 1. The maximum Gasteiger partial charge on any atom is 0.242 e. The molecule has 0 spiro atoms. The number of aromatic hydroxyl groups is 1. The molecule has 1 heterocycles. The van der Waals surface area contributed by atoms with Gasteiger partial charge in [0, 0.05) is 49.8 Å². The Morgan fingerprint density at radius 2 is 1.75 bits per heavy atom. The van der Waals surface area contributed by atoms with Crippen LogP contribution in [0.1, 0.15) is 66.3 Å². The summed E-state index contributed by atoms with van der Waals surface area (Å²) in [5.74, 6) is 2.01. The van der Waals surface area contributed by atoms with E-state index >= 15 is 0 Å². The summed E-state index contributed by atoms with van der Waals surface area (Å²) < 4.78 is 0. The lowest BCUT2D eigenvalue weighted by atomic mass is 9.79. The van der Waals surface area contributed by atoms with Crippen LogP contribution in [0.5, 0.6) is 5.75 Å². The van der Waals surface area contributed by atoms with E-state index in [0.29, 0.717) is 24.0 Å². The molecular weight excluding hydrogens is 576 g/mol. The number of nitrogens with zero attached hydrogens (tertiary/aromatic N) is 1. The average molecular weight is 615 g/mol. The van der Waals surface area contributed by atoms with Crippen molar-refractivity contribution in [3.8, 4) is 5.75 Å². The van der Waals surface area contributed by atoms with E-state index in [9.17, 15) is 19.5 Å². The van der Waals surface area contributed by atoms with Crippen LogP contribution in [0.25, 0.3) is 0 Å². The first-order chi connectivity index (χ1) is 20.8. The molecule has 2 amide bonds. The molecule has 4 N–H and O–H groups in total. The van der Waals surface area contributed by atoms with Crippen LogP contribution in [0.4, 0.5) is 0 Å². The molecule has 0 radical (unpaired) electrons. The fourth-order valence-corrected chi connectivity index (χ4v) is 5.51. The molecule has 1 aliphatic rings. The average Bonchev–Trinajstić information content (AvgIpc) is 3.02. The number of allylic oxidation sites excluding steroid dienone is 1. The molecule has 3 aromatic rings. The van der Waals surface area contributed by atoms with Crippen molar-refractivity contribution in [3.63, 3.8) is 0 Å². The maximum atomic E-state index is 12.9. The zero-order chi connectivity index (χ0) is 30.8. The first-order valence-electron chi connectivity index (χ1n) is 14.6. The van der Waals surface area contributed by atoms with E-state index in [0.717, 1.165) is 16.7 Å². The minimum atomic E-state index is -0.849. The van der Waals surface area contributed by atoms with Crippen LogP contribution in [0.3, 0.4) is 0 Å². The Kier molecular flexibility index (Phi) is 12.6. The molecule has 0 aliphatic carbocycles. The molecule has 3 atom stereocenters. The number of rotatable bonds is 6. The summed E-state index contributed by atoms with van der Waals surface area (Å²) in [5.41, 5.74) is 4.05. The molecule has 1 aliphatic heterocycles. The van der Waals surface area contributed by atoms with Gasteiger partial charge in [0.15, 0.2) is 5.84 Å². The van der Waals surface area contributed by atoms with Gasteiger partial charge in [0.1, 0.15) is 17.6 Å². The molecule has 0 saturated heterocycles. The van der Waals surface area contributed by atoms with Crippen molar-refractivity contribution in [2.24, 2.45) is 10.9 Å². The monoisotopic (exact) mass is 614 g/mol. The Bertz CT molecular complexity index is 1540. The predicted molar refractivity (Wildman–Crippen MR) is 175 cm³/mol. The number of hydrogen-bond acceptors (Lipinski definition) is 5. The highest BCUT2D eigenvalue weighted by Crippen LogP contribution is 2.40. The lowest BCUT2D eigenvalue weighted by Crippen LogP contribution is -2.47. The van der Waals surface area contributed by atoms with Crippen LogP contribution in [0.15, 0.2) is 83.9 Å². The highest BCUT2D eigenvalue weighted by molar-refractivity contribution is 6.00. The summed E-state index contributed by atoms with van der Waals surface area (Å²) in [6.07, 6.45) is 3.30. The summed E-state index contributed by atoms with van der Waals surface area (Å²) in [6.45, 7) is 2.00. The van der Waals surface area contributed by atoms with Crippen LogP contribution >= 0.6 is 12.4 Å². The number of amidine groups is 1. The Balaban J connectivity index is 0.00000529. The number of fused-ring (bicyclic) bond motifs is 2. The molecule has 2 bridgehead atoms. The SMILES string of the molecule is CNC(=O)C1Cc2ccc(O)c(c2C[C@@H](C)C=C=NC(=N)c2ccccc2)C(c2ccccc2)CCC(=O)CCC(=O)N1.Cl. The number of amides is 2. The van der Waals surface area contributed by atoms with Crippen LogP contribution in [0.2, 0.25) is 0 Å². The maximum absolute atomic E-state index is 12.9. The molecular formula is C35H39ClN4O4. The van der Waals surface area contributed by atoms with E-state index in [2.05, 4.69) is 21.5 Å². The topological polar surface area (TPSA) is 132 Å². The predicted octanol–water partition coefficient (Wildman–Crippen LogP) is 5.29. The fourth-order valence-electron chi connectivity index (χ4n) is 5.51. The number of halogens is 1. The smallest absolute Gasteiger partial charge is 0.242 e. The molecule has 8 nitrogen and oxygen atoms in total. The third kappa shape index (κ3) is 8.99. The van der Waals surface area contributed by atoms with E-state index in [4.69, 9.17) is 5.41 Å². The van der Waals surface area contributed by atoms with Crippen molar-refractivity contribution in [1.29, 1.82) is 5.41 Å². The van der Waals surface area contributed by atoms with Crippen molar-refractivity contribution in [2.45, 2.75) is 57.4 Å². The molecule has 4 rings (SSSR count). The molecule has 44 heavy (non-hydrogen) atoms. The lowest BCUT2D eigenvalue weighted by molar-refractivity contribution is -0.129. The third-order valence-corrected chi connectivity index (χ3v) is 7.76. The second-order valence-electron chi connectivity index (χ2n) is 10.9. The number of hydrogen-bond donors (Lipinski definition) is 4. The number of benzene rings is 3. The van der Waals surface area contributed by atoms with Gasteiger partial charge < -0.3 is 15.7 Å². The van der Waals surface area contributed by atoms with E-state index in [1.54, 1.807) is 18.2 Å². The number of carbonyl (C=O) groups is 3. The van der Waals surface area contributed by atoms with Gasteiger partial charge in [0.25, 0.3) is 0 Å². The molecule has 2 unspecified atom stereocenters. The Morgan fingerprint density at radius 3 is 2.43 bits per heavy atom. The number of carbonyl (C=O) groups excluding carboxylic acids is 3. The van der Waals surface area contributed by atoms with E-state index < -0.39 is 6.04 Å². The highest BCUT2D eigenvalue weighted by atomic mass is 35.5. The van der Waals surface area contributed by atoms with Crippen molar-refractivity contribution in [2.75, 3.05) is 7.05 Å². The largest absolute Gasteiger partial charge is 0.508 e. The van der Waals surface area contributed by atoms with Gasteiger partial charge in [0.05, 0.1) is 0 Å². The van der Waals surface area contributed by atoms with E-state index in [1.807, 2.05) is 67.6 Å². The summed E-state index contributed by atoms with van der Waals surface area (Å²) in [6, 6.07) is 21.6. The number of likely N-dealkylation sites (N-methyl/N-ethyl adjacent to an activating group) is 1. The molecule has 9 heteroatoms. The van der Waals surface area contributed by atoms with Gasteiger partial charge in [0.2, 0.25) is 11.8 Å². The molecule has 0 fully saturated rings. The van der Waals surface area contributed by atoms with Gasteiger partial charge >= 0.3 is 0 Å². The molecule has 0 saturated carbocycles. The van der Waals surface area contributed by atoms with Crippen LogP contribution < -0.4 is 10.6 Å². The first-order valence-corrected chi connectivity index (χ1v) is 14.6. The third-order valence-electron chi connectivity index (χ3n) is 7.76. The number of phenols is 1. The minimum absolute atomic E-state index is 0. The quantitative estimate of drug-likeness (QED) is 0.222. The van der Waals surface area contributed by atoms with Crippen LogP contribution in [-0.2, 0) is 27.2 Å². The van der Waals surface area contributed by atoms with Gasteiger partial charge in [-0.1, -0.05) is 73.7 Å². The number of Topliss-reactive ketones (excluding diaryl/α,β-unsaturated/α-hetero) is 1. The first kappa shape index (κ1) is 34.0. The summed E-state index contributed by atoms with van der Waals surface area (Å²) >= 11 is 0. The van der Waals surface area contributed by atoms with E-state index in [-0.39, 0.29) is 79.1 Å². The van der Waals surface area contributed by atoms with Gasteiger partial charge in [-0.15, -0.1) is 12.4 Å². The fraction of sp³-hybridized carbons (Fsp3) is 0.314. The second kappa shape index (κ2) is 16.4. The van der Waals surface area contributed by atoms with E-state index in [1.165, 1.54) is 7.05 Å². The van der Waals surface area contributed by atoms with Crippen molar-refractivity contribution >= 4 is 41.7 Å². The standard InChI is InChI=1S/C35H38N4O4.ClH/c1-23(19-20-38-34(36)25-11-7-4-8-12-25)21-29-26-13-17-31(41)33(29)28(24-9-5-3-6-10-24)16-14-27(40)15-18-32(42)39-30(22-26)35(43)37-2;/h3-13,17,19,23,28,30,36,41H,14-16,18,21-22H2,1-2H3,(H,37,43)(H,39,42);1H/t23-,28?,30?;/m0./s1. The van der Waals surface area contributed by atoms with Crippen molar-refractivity contribution in [3.05, 3.63) is 107 Å². The van der Waals surface area contributed by atoms with Gasteiger partial charge in [-0.05, 0) is 53.5 Å². The number of aliphatic imine (C=N–C) groups is 1. The highest BCUT2D eigenvalue weighted by Gasteiger charge is 2.28. The zero-order valence-electron chi connectivity index (χ0n) is 25.0. The normalized spacial score (nSPS) is 17.6. The van der Waals surface area contributed by atoms with Crippen molar-refractivity contribution < 1.29 is 19.5 Å².